The molecule has 0 unspecified atom stereocenters. The first-order valence-corrected chi connectivity index (χ1v) is 10.6. The quantitative estimate of drug-likeness (QED) is 0.714. The molecule has 0 aliphatic carbocycles. The molecule has 0 spiro atoms. The number of hydrogen-bond donors (Lipinski definition) is 0. The number of rotatable bonds is 4. The van der Waals surface area contributed by atoms with Crippen LogP contribution in [0.5, 0.6) is 0 Å². The van der Waals surface area contributed by atoms with Gasteiger partial charge in [-0.1, -0.05) is 23.8 Å². The van der Waals surface area contributed by atoms with Crippen LogP contribution in [-0.4, -0.2) is 49.7 Å². The summed E-state index contributed by atoms with van der Waals surface area (Å²) in [5.74, 6) is -2.51. The number of carbonyl (C=O) groups is 1. The van der Waals surface area contributed by atoms with Crippen molar-refractivity contribution in [2.45, 2.75) is 18.7 Å². The number of carbonyl (C=O) groups excluding carboxylic acids is 1. The van der Waals surface area contributed by atoms with Crippen LogP contribution in [0.25, 0.3) is 6.08 Å². The van der Waals surface area contributed by atoms with Gasteiger partial charge in [0.25, 0.3) is 0 Å². The van der Waals surface area contributed by atoms with Crippen LogP contribution in [0.15, 0.2) is 47.4 Å². The highest BCUT2D eigenvalue weighted by Crippen LogP contribution is 2.20. The summed E-state index contributed by atoms with van der Waals surface area (Å²) in [5, 5.41) is 0. The van der Waals surface area contributed by atoms with Gasteiger partial charge in [0.15, 0.2) is 11.6 Å². The summed E-state index contributed by atoms with van der Waals surface area (Å²) >= 11 is 0. The average Bonchev–Trinajstić information content (AvgIpc) is 2.69. The molecular weight excluding hydrogens is 398 g/mol. The lowest BCUT2D eigenvalue weighted by Gasteiger charge is -2.33. The van der Waals surface area contributed by atoms with Crippen molar-refractivity contribution in [3.63, 3.8) is 0 Å². The van der Waals surface area contributed by atoms with Crippen molar-refractivity contribution in [3.8, 4) is 0 Å². The molecule has 1 heterocycles. The van der Waals surface area contributed by atoms with Crippen molar-refractivity contribution < 1.29 is 22.0 Å². The molecule has 2 aromatic rings. The Balaban J connectivity index is 1.64. The van der Waals surface area contributed by atoms with Crippen LogP contribution >= 0.6 is 0 Å². The molecule has 5 nitrogen and oxygen atoms in total. The molecule has 0 atom stereocenters. The van der Waals surface area contributed by atoms with Crippen LogP contribution < -0.4 is 0 Å². The Morgan fingerprint density at radius 2 is 1.66 bits per heavy atom. The maximum absolute atomic E-state index is 13.4. The average molecular weight is 420 g/mol. The van der Waals surface area contributed by atoms with Gasteiger partial charge in [0, 0.05) is 32.3 Å². The second-order valence-corrected chi connectivity index (χ2v) is 8.94. The lowest BCUT2D eigenvalue weighted by molar-refractivity contribution is -0.127. The zero-order chi connectivity index (χ0) is 21.2. The molecular formula is C21H22F2N2O3S. The summed E-state index contributed by atoms with van der Waals surface area (Å²) in [5.41, 5.74) is 3.16. The molecule has 0 saturated carbocycles. The Labute approximate surface area is 169 Å². The molecule has 1 amide bonds. The van der Waals surface area contributed by atoms with E-state index in [2.05, 4.69) is 0 Å². The number of halogens is 2. The maximum Gasteiger partial charge on any atom is 0.246 e. The van der Waals surface area contributed by atoms with Gasteiger partial charge in [-0.05, 0) is 49.2 Å². The van der Waals surface area contributed by atoms with Crippen molar-refractivity contribution in [2.24, 2.45) is 0 Å². The second kappa shape index (κ2) is 8.42. The number of sulfonamides is 1. The predicted molar refractivity (Wildman–Crippen MR) is 107 cm³/mol. The molecule has 0 radical (unpaired) electrons. The van der Waals surface area contributed by atoms with Crippen LogP contribution in [0.3, 0.4) is 0 Å². The first-order chi connectivity index (χ1) is 13.7. The van der Waals surface area contributed by atoms with Crippen molar-refractivity contribution in [1.82, 2.24) is 9.21 Å². The minimum absolute atomic E-state index is 0.0878. The van der Waals surface area contributed by atoms with E-state index in [4.69, 9.17) is 0 Å². The van der Waals surface area contributed by atoms with Crippen molar-refractivity contribution in [1.29, 1.82) is 0 Å². The largest absolute Gasteiger partial charge is 0.337 e. The lowest BCUT2D eigenvalue weighted by Crippen LogP contribution is -2.50. The first-order valence-electron chi connectivity index (χ1n) is 9.18. The molecule has 29 heavy (non-hydrogen) atoms. The Hall–Kier alpha value is -2.58. The van der Waals surface area contributed by atoms with E-state index >= 15 is 0 Å². The van der Waals surface area contributed by atoms with Gasteiger partial charge in [-0.25, -0.2) is 17.2 Å². The van der Waals surface area contributed by atoms with E-state index in [1.54, 1.807) is 11.0 Å². The van der Waals surface area contributed by atoms with Crippen molar-refractivity contribution in [2.75, 3.05) is 26.2 Å². The van der Waals surface area contributed by atoms with E-state index in [1.165, 1.54) is 10.4 Å². The summed E-state index contributed by atoms with van der Waals surface area (Å²) in [6.45, 7) is 4.59. The molecule has 1 aliphatic rings. The third-order valence-electron chi connectivity index (χ3n) is 4.91. The third-order valence-corrected chi connectivity index (χ3v) is 6.80. The fourth-order valence-corrected chi connectivity index (χ4v) is 4.65. The molecule has 0 bridgehead atoms. The predicted octanol–water partition coefficient (Wildman–Crippen LogP) is 3.13. The number of hydrogen-bond acceptors (Lipinski definition) is 3. The number of benzene rings is 2. The summed E-state index contributed by atoms with van der Waals surface area (Å²) in [6.07, 6.45) is 3.23. The van der Waals surface area contributed by atoms with Gasteiger partial charge < -0.3 is 4.90 Å². The topological polar surface area (TPSA) is 57.7 Å². The Bertz CT molecular complexity index is 1060. The standard InChI is InChI=1S/C21H22F2N2O3S/c1-15-3-4-17(16(2)13-15)5-8-21(26)24-9-11-25(12-10-24)29(27,28)18-6-7-19(22)20(23)14-18/h3-8,13-14H,9-12H2,1-2H3/b8-5+. The second-order valence-electron chi connectivity index (χ2n) is 7.00. The minimum atomic E-state index is -3.94. The highest BCUT2D eigenvalue weighted by Gasteiger charge is 2.30. The first kappa shape index (κ1) is 21.1. The fraction of sp³-hybridized carbons (Fsp3) is 0.286. The van der Waals surface area contributed by atoms with E-state index < -0.39 is 21.7 Å². The molecule has 0 aromatic heterocycles. The van der Waals surface area contributed by atoms with E-state index in [1.807, 2.05) is 32.0 Å². The lowest BCUT2D eigenvalue weighted by atomic mass is 10.1. The molecule has 154 valence electrons. The molecule has 3 rings (SSSR count). The van der Waals surface area contributed by atoms with Crippen LogP contribution in [0.1, 0.15) is 16.7 Å². The Morgan fingerprint density at radius 3 is 2.28 bits per heavy atom. The zero-order valence-electron chi connectivity index (χ0n) is 16.2. The highest BCUT2D eigenvalue weighted by molar-refractivity contribution is 7.89. The van der Waals surface area contributed by atoms with Gasteiger partial charge >= 0.3 is 0 Å². The third kappa shape index (κ3) is 4.71. The van der Waals surface area contributed by atoms with Gasteiger partial charge in [0.1, 0.15) is 0 Å². The molecule has 1 aliphatic heterocycles. The number of piperazine rings is 1. The van der Waals surface area contributed by atoms with Gasteiger partial charge in [-0.2, -0.15) is 4.31 Å². The van der Waals surface area contributed by atoms with E-state index in [0.29, 0.717) is 6.07 Å². The summed E-state index contributed by atoms with van der Waals surface area (Å²) in [4.78, 5) is 13.7. The van der Waals surface area contributed by atoms with E-state index in [0.717, 1.165) is 28.8 Å². The number of aryl methyl sites for hydroxylation is 2. The van der Waals surface area contributed by atoms with Gasteiger partial charge in [0.2, 0.25) is 15.9 Å². The summed E-state index contributed by atoms with van der Waals surface area (Å²) in [7, 11) is -3.94. The van der Waals surface area contributed by atoms with E-state index in [9.17, 15) is 22.0 Å². The Morgan fingerprint density at radius 1 is 0.966 bits per heavy atom. The van der Waals surface area contributed by atoms with Crippen LogP contribution in [0, 0.1) is 25.5 Å². The Kier molecular flexibility index (Phi) is 6.14. The maximum atomic E-state index is 13.4. The van der Waals surface area contributed by atoms with Gasteiger partial charge in [-0.3, -0.25) is 4.79 Å². The zero-order valence-corrected chi connectivity index (χ0v) is 17.0. The van der Waals surface area contributed by atoms with E-state index in [-0.39, 0.29) is 37.0 Å². The molecule has 0 N–H and O–H groups in total. The van der Waals surface area contributed by atoms with Crippen LogP contribution in [0.2, 0.25) is 0 Å². The van der Waals surface area contributed by atoms with Gasteiger partial charge in [-0.15, -0.1) is 0 Å². The summed E-state index contributed by atoms with van der Waals surface area (Å²) in [6, 6.07) is 8.46. The number of nitrogens with zero attached hydrogens (tertiary/aromatic N) is 2. The molecule has 8 heteroatoms. The van der Waals surface area contributed by atoms with Crippen molar-refractivity contribution in [3.05, 3.63) is 70.8 Å². The smallest absolute Gasteiger partial charge is 0.246 e. The fourth-order valence-electron chi connectivity index (χ4n) is 3.21. The summed E-state index contributed by atoms with van der Waals surface area (Å²) < 4.78 is 52.9. The normalized spacial score (nSPS) is 15.8. The minimum Gasteiger partial charge on any atom is -0.337 e. The molecule has 1 fully saturated rings. The molecule has 1 saturated heterocycles. The highest BCUT2D eigenvalue weighted by atomic mass is 32.2. The SMILES string of the molecule is Cc1ccc(/C=C/C(=O)N2CCN(S(=O)(=O)c3ccc(F)c(F)c3)CC2)c(C)c1. The van der Waals surface area contributed by atoms with Crippen LogP contribution in [-0.2, 0) is 14.8 Å². The molecule has 2 aromatic carbocycles. The monoisotopic (exact) mass is 420 g/mol. The van der Waals surface area contributed by atoms with Crippen LogP contribution in [0.4, 0.5) is 8.78 Å². The van der Waals surface area contributed by atoms with Gasteiger partial charge in [0.05, 0.1) is 4.90 Å². The number of amides is 1. The van der Waals surface area contributed by atoms with Crippen molar-refractivity contribution >= 4 is 22.0 Å².